The minimum atomic E-state index is -0.758. The third kappa shape index (κ3) is 3.25. The van der Waals surface area contributed by atoms with Crippen LogP contribution in [0.1, 0.15) is 43.6 Å². The second-order valence-electron chi connectivity index (χ2n) is 8.33. The molecule has 1 aliphatic heterocycles. The maximum atomic E-state index is 13.7. The number of fused-ring (bicyclic) bond motifs is 3. The van der Waals surface area contributed by atoms with Crippen LogP contribution >= 0.6 is 11.3 Å². The number of hydrogen-bond donors (Lipinski definition) is 0. The summed E-state index contributed by atoms with van der Waals surface area (Å²) in [5.74, 6) is -0.893. The van der Waals surface area contributed by atoms with Gasteiger partial charge in [-0.2, -0.15) is 0 Å². The molecule has 172 valence electrons. The number of benzene rings is 3. The summed E-state index contributed by atoms with van der Waals surface area (Å²) in [7, 11) is 1.31. The molecule has 3 heterocycles. The average Bonchev–Trinajstić information content (AvgIpc) is 3.42. The van der Waals surface area contributed by atoms with Gasteiger partial charge in [0.15, 0.2) is 10.6 Å². The third-order valence-electron chi connectivity index (χ3n) is 6.16. The molecule has 0 bridgehead atoms. The minimum absolute atomic E-state index is 0.00572. The van der Waals surface area contributed by atoms with Crippen LogP contribution in [-0.4, -0.2) is 24.0 Å². The van der Waals surface area contributed by atoms with Gasteiger partial charge >= 0.3 is 5.97 Å². The summed E-state index contributed by atoms with van der Waals surface area (Å²) in [6.45, 7) is 2.00. The van der Waals surface area contributed by atoms with E-state index in [2.05, 4.69) is 0 Å². The van der Waals surface area contributed by atoms with Crippen molar-refractivity contribution in [2.45, 2.75) is 13.0 Å². The summed E-state index contributed by atoms with van der Waals surface area (Å²) in [6.07, 6.45) is 0. The van der Waals surface area contributed by atoms with Crippen LogP contribution in [0.15, 0.2) is 75.9 Å². The number of hydrogen-bond acceptors (Lipinski definition) is 7. The Morgan fingerprint density at radius 2 is 1.83 bits per heavy atom. The van der Waals surface area contributed by atoms with Gasteiger partial charge in [-0.15, -0.1) is 0 Å². The second-order valence-corrected chi connectivity index (χ2v) is 9.34. The predicted octanol–water partition coefficient (Wildman–Crippen LogP) is 5.25. The van der Waals surface area contributed by atoms with Crippen molar-refractivity contribution in [2.24, 2.45) is 0 Å². The highest BCUT2D eigenvalue weighted by Crippen LogP contribution is 2.43. The quantitative estimate of drug-likeness (QED) is 0.327. The normalized spacial score (nSPS) is 15.1. The first-order valence-corrected chi connectivity index (χ1v) is 11.7. The van der Waals surface area contributed by atoms with Crippen LogP contribution in [0.2, 0.25) is 0 Å². The molecule has 8 heteroatoms. The molecule has 0 aliphatic carbocycles. The van der Waals surface area contributed by atoms with Gasteiger partial charge in [-0.1, -0.05) is 41.7 Å². The fourth-order valence-corrected chi connectivity index (χ4v) is 5.56. The largest absolute Gasteiger partial charge is 0.465 e. The standard InChI is InChI=1S/C27H18N2O5S/c1-14-7-12-18-20(13-14)35-27(28-18)29-22(15-8-10-16(11-9-15)26(32)33-2)21-23(30)17-5-3-4-6-19(17)34-24(21)25(29)31/h3-13,22H,1-2H3/t22-/m1/s1. The monoisotopic (exact) mass is 482 g/mol. The topological polar surface area (TPSA) is 89.7 Å². The van der Waals surface area contributed by atoms with Crippen molar-refractivity contribution in [3.8, 4) is 0 Å². The lowest BCUT2D eigenvalue weighted by atomic mass is 9.98. The van der Waals surface area contributed by atoms with Crippen LogP contribution in [0.3, 0.4) is 0 Å². The molecule has 0 fully saturated rings. The number of methoxy groups -OCH3 is 1. The molecule has 0 saturated heterocycles. The lowest BCUT2D eigenvalue weighted by Crippen LogP contribution is -2.29. The van der Waals surface area contributed by atoms with E-state index in [0.29, 0.717) is 27.2 Å². The number of thiazole rings is 1. The van der Waals surface area contributed by atoms with Gasteiger partial charge in [0.2, 0.25) is 5.76 Å². The summed E-state index contributed by atoms with van der Waals surface area (Å²) in [4.78, 5) is 45.5. The maximum absolute atomic E-state index is 13.7. The Balaban J connectivity index is 1.59. The Morgan fingerprint density at radius 3 is 2.60 bits per heavy atom. The van der Waals surface area contributed by atoms with Crippen molar-refractivity contribution >= 4 is 49.5 Å². The van der Waals surface area contributed by atoms with Gasteiger partial charge < -0.3 is 9.15 Å². The molecule has 2 aromatic heterocycles. The van der Waals surface area contributed by atoms with Gasteiger partial charge in [-0.25, -0.2) is 9.78 Å². The van der Waals surface area contributed by atoms with Crippen LogP contribution in [0.25, 0.3) is 21.2 Å². The molecule has 1 atom stereocenters. The van der Waals surface area contributed by atoms with Gasteiger partial charge in [-0.05, 0) is 54.4 Å². The fourth-order valence-electron chi connectivity index (χ4n) is 4.47. The average molecular weight is 483 g/mol. The van der Waals surface area contributed by atoms with E-state index >= 15 is 0 Å². The zero-order chi connectivity index (χ0) is 24.3. The first-order valence-electron chi connectivity index (χ1n) is 10.9. The van der Waals surface area contributed by atoms with Crippen molar-refractivity contribution in [1.29, 1.82) is 0 Å². The predicted molar refractivity (Wildman–Crippen MR) is 133 cm³/mol. The van der Waals surface area contributed by atoms with E-state index in [-0.39, 0.29) is 16.8 Å². The summed E-state index contributed by atoms with van der Waals surface area (Å²) in [6, 6.07) is 18.7. The zero-order valence-electron chi connectivity index (χ0n) is 18.8. The van der Waals surface area contributed by atoms with Crippen LogP contribution in [0.4, 0.5) is 5.13 Å². The van der Waals surface area contributed by atoms with Gasteiger partial charge in [0, 0.05) is 0 Å². The molecule has 35 heavy (non-hydrogen) atoms. The zero-order valence-corrected chi connectivity index (χ0v) is 19.6. The number of ether oxygens (including phenoxy) is 1. The van der Waals surface area contributed by atoms with E-state index < -0.39 is 17.9 Å². The van der Waals surface area contributed by atoms with E-state index in [1.165, 1.54) is 23.3 Å². The van der Waals surface area contributed by atoms with Crippen molar-refractivity contribution in [1.82, 2.24) is 4.98 Å². The van der Waals surface area contributed by atoms with Crippen LogP contribution in [0, 0.1) is 6.92 Å². The summed E-state index contributed by atoms with van der Waals surface area (Å²) < 4.78 is 11.7. The summed E-state index contributed by atoms with van der Waals surface area (Å²) in [5.41, 5.74) is 3.22. The Kier molecular flexibility index (Phi) is 4.79. The lowest BCUT2D eigenvalue weighted by Gasteiger charge is -2.22. The minimum Gasteiger partial charge on any atom is -0.465 e. The highest BCUT2D eigenvalue weighted by Gasteiger charge is 2.45. The molecule has 6 rings (SSSR count). The molecule has 0 unspecified atom stereocenters. The molecule has 1 amide bonds. The smallest absolute Gasteiger partial charge is 0.337 e. The van der Waals surface area contributed by atoms with E-state index in [1.807, 2.05) is 25.1 Å². The summed E-state index contributed by atoms with van der Waals surface area (Å²) in [5, 5.41) is 0.865. The van der Waals surface area contributed by atoms with Crippen molar-refractivity contribution in [3.63, 3.8) is 0 Å². The number of carbonyl (C=O) groups is 2. The number of anilines is 1. The Hall–Kier alpha value is -4.30. The molecule has 0 radical (unpaired) electrons. The number of carbonyl (C=O) groups excluding carboxylic acids is 2. The number of aromatic nitrogens is 1. The highest BCUT2D eigenvalue weighted by molar-refractivity contribution is 7.22. The van der Waals surface area contributed by atoms with Gasteiger partial charge in [-0.3, -0.25) is 14.5 Å². The first-order chi connectivity index (χ1) is 17.0. The Labute approximate surface area is 203 Å². The van der Waals surface area contributed by atoms with Gasteiger partial charge in [0.1, 0.15) is 5.58 Å². The molecular formula is C27H18N2O5S. The second kappa shape index (κ2) is 7.89. The van der Waals surface area contributed by atoms with E-state index in [4.69, 9.17) is 14.1 Å². The summed E-state index contributed by atoms with van der Waals surface area (Å²) >= 11 is 1.38. The van der Waals surface area contributed by atoms with E-state index in [0.717, 1.165) is 15.8 Å². The molecule has 0 N–H and O–H groups in total. The van der Waals surface area contributed by atoms with E-state index in [1.54, 1.807) is 48.5 Å². The first kappa shape index (κ1) is 21.2. The fraction of sp³-hybridized carbons (Fsp3) is 0.111. The number of aryl methyl sites for hydroxylation is 1. The molecule has 7 nitrogen and oxygen atoms in total. The Morgan fingerprint density at radius 1 is 1.06 bits per heavy atom. The highest BCUT2D eigenvalue weighted by atomic mass is 32.1. The maximum Gasteiger partial charge on any atom is 0.337 e. The molecular weight excluding hydrogens is 464 g/mol. The van der Waals surface area contributed by atoms with Crippen LogP contribution in [0.5, 0.6) is 0 Å². The third-order valence-corrected chi connectivity index (χ3v) is 7.18. The SMILES string of the molecule is COC(=O)c1ccc([C@@H]2c3c(oc4ccccc4c3=O)C(=O)N2c2nc3ccc(C)cc3s2)cc1. The van der Waals surface area contributed by atoms with Crippen molar-refractivity contribution in [3.05, 3.63) is 105 Å². The number of amides is 1. The lowest BCUT2D eigenvalue weighted by molar-refractivity contribution is 0.0600. The number of nitrogens with zero attached hydrogens (tertiary/aromatic N) is 2. The van der Waals surface area contributed by atoms with Crippen LogP contribution in [-0.2, 0) is 4.74 Å². The molecule has 5 aromatic rings. The molecule has 1 aliphatic rings. The van der Waals surface area contributed by atoms with E-state index in [9.17, 15) is 14.4 Å². The number of para-hydroxylation sites is 1. The van der Waals surface area contributed by atoms with Crippen LogP contribution < -0.4 is 10.3 Å². The number of esters is 1. The molecule has 3 aromatic carbocycles. The van der Waals surface area contributed by atoms with Crippen molar-refractivity contribution < 1.29 is 18.7 Å². The molecule has 0 spiro atoms. The number of rotatable bonds is 3. The van der Waals surface area contributed by atoms with Gasteiger partial charge in [0.05, 0.1) is 39.9 Å². The molecule has 0 saturated carbocycles. The van der Waals surface area contributed by atoms with Gasteiger partial charge in [0.25, 0.3) is 5.91 Å². The Bertz CT molecular complexity index is 1720. The van der Waals surface area contributed by atoms with Crippen molar-refractivity contribution in [2.75, 3.05) is 12.0 Å².